The highest BCUT2D eigenvalue weighted by molar-refractivity contribution is 5.24. The standard InChI is InChI=1S/C5H11N5O/c1-5(2,3-11)6-4-7-9-10-8-4/h11H,3H2,1-2H3,(H2,6,7,8,9,10). The van der Waals surface area contributed by atoms with Gasteiger partial charge in [-0.3, -0.25) is 0 Å². The predicted molar refractivity (Wildman–Crippen MR) is 39.0 cm³/mol. The fourth-order valence-electron chi connectivity index (χ4n) is 0.557. The Labute approximate surface area is 64.0 Å². The largest absolute Gasteiger partial charge is 0.394 e. The van der Waals surface area contributed by atoms with Crippen LogP contribution < -0.4 is 5.32 Å². The van der Waals surface area contributed by atoms with Crippen molar-refractivity contribution in [2.24, 2.45) is 0 Å². The third kappa shape index (κ3) is 2.15. The number of nitrogens with zero attached hydrogens (tertiary/aromatic N) is 3. The third-order valence-corrected chi connectivity index (χ3v) is 1.19. The van der Waals surface area contributed by atoms with Gasteiger partial charge >= 0.3 is 0 Å². The SMILES string of the molecule is CC(C)(CO)Nc1nn[nH]n1. The van der Waals surface area contributed by atoms with E-state index >= 15 is 0 Å². The normalized spacial score (nSPS) is 11.5. The number of aliphatic hydroxyl groups is 1. The lowest BCUT2D eigenvalue weighted by Crippen LogP contribution is -2.35. The van der Waals surface area contributed by atoms with Gasteiger partial charge in [-0.1, -0.05) is 5.10 Å². The number of anilines is 1. The first-order chi connectivity index (χ1) is 5.14. The highest BCUT2D eigenvalue weighted by atomic mass is 16.3. The van der Waals surface area contributed by atoms with Gasteiger partial charge in [0.05, 0.1) is 12.1 Å². The predicted octanol–water partition coefficient (Wildman–Crippen LogP) is -0.618. The summed E-state index contributed by atoms with van der Waals surface area (Å²) in [6, 6.07) is 0. The minimum atomic E-state index is -0.413. The molecule has 0 fully saturated rings. The van der Waals surface area contributed by atoms with E-state index in [1.165, 1.54) is 0 Å². The van der Waals surface area contributed by atoms with Crippen LogP contribution >= 0.6 is 0 Å². The van der Waals surface area contributed by atoms with E-state index in [9.17, 15) is 0 Å². The maximum atomic E-state index is 8.84. The monoisotopic (exact) mass is 157 g/mol. The molecule has 0 unspecified atom stereocenters. The zero-order valence-electron chi connectivity index (χ0n) is 6.50. The van der Waals surface area contributed by atoms with E-state index in [2.05, 4.69) is 25.9 Å². The average Bonchev–Trinajstić information content (AvgIpc) is 2.39. The first kappa shape index (κ1) is 7.93. The second kappa shape index (κ2) is 2.83. The van der Waals surface area contributed by atoms with E-state index in [1.807, 2.05) is 13.8 Å². The maximum Gasteiger partial charge on any atom is 0.263 e. The Bertz CT molecular complexity index is 207. The molecule has 0 saturated carbocycles. The molecule has 0 aromatic carbocycles. The van der Waals surface area contributed by atoms with Crippen LogP contribution in [0.15, 0.2) is 0 Å². The van der Waals surface area contributed by atoms with Crippen LogP contribution in [0.25, 0.3) is 0 Å². The molecule has 6 heteroatoms. The molecule has 1 aromatic heterocycles. The van der Waals surface area contributed by atoms with Gasteiger partial charge in [0.1, 0.15) is 0 Å². The molecule has 0 aliphatic rings. The molecular weight excluding hydrogens is 146 g/mol. The van der Waals surface area contributed by atoms with E-state index in [1.54, 1.807) is 0 Å². The molecule has 0 aliphatic heterocycles. The van der Waals surface area contributed by atoms with Gasteiger partial charge in [-0.05, 0) is 19.1 Å². The summed E-state index contributed by atoms with van der Waals surface area (Å²) in [7, 11) is 0. The highest BCUT2D eigenvalue weighted by Crippen LogP contribution is 2.06. The third-order valence-electron chi connectivity index (χ3n) is 1.19. The molecule has 1 heterocycles. The Kier molecular flexibility index (Phi) is 2.04. The number of rotatable bonds is 3. The molecule has 0 bridgehead atoms. The van der Waals surface area contributed by atoms with Crippen molar-refractivity contribution in [3.63, 3.8) is 0 Å². The first-order valence-corrected chi connectivity index (χ1v) is 3.26. The van der Waals surface area contributed by atoms with Crippen LogP contribution in [0.3, 0.4) is 0 Å². The zero-order valence-corrected chi connectivity index (χ0v) is 6.50. The first-order valence-electron chi connectivity index (χ1n) is 3.26. The van der Waals surface area contributed by atoms with Crippen LogP contribution in [0.5, 0.6) is 0 Å². The Morgan fingerprint density at radius 1 is 1.64 bits per heavy atom. The number of aliphatic hydroxyl groups excluding tert-OH is 1. The fourth-order valence-corrected chi connectivity index (χ4v) is 0.557. The van der Waals surface area contributed by atoms with Gasteiger partial charge in [0, 0.05) is 0 Å². The maximum absolute atomic E-state index is 8.84. The fraction of sp³-hybridized carbons (Fsp3) is 0.800. The minimum Gasteiger partial charge on any atom is -0.394 e. The van der Waals surface area contributed by atoms with E-state index < -0.39 is 5.54 Å². The Morgan fingerprint density at radius 2 is 2.36 bits per heavy atom. The Morgan fingerprint density at radius 3 is 2.82 bits per heavy atom. The molecule has 0 radical (unpaired) electrons. The average molecular weight is 157 g/mol. The summed E-state index contributed by atoms with van der Waals surface area (Å²) >= 11 is 0. The molecule has 0 aliphatic carbocycles. The minimum absolute atomic E-state index is 0.0154. The molecule has 1 rings (SSSR count). The number of aromatic nitrogens is 4. The van der Waals surface area contributed by atoms with Gasteiger partial charge in [0.25, 0.3) is 5.95 Å². The summed E-state index contributed by atoms with van der Waals surface area (Å²) in [6.07, 6.45) is 0. The van der Waals surface area contributed by atoms with Crippen molar-refractivity contribution in [2.75, 3.05) is 11.9 Å². The summed E-state index contributed by atoms with van der Waals surface area (Å²) in [5, 5.41) is 24.7. The van der Waals surface area contributed by atoms with Crippen LogP contribution in [0.2, 0.25) is 0 Å². The highest BCUT2D eigenvalue weighted by Gasteiger charge is 2.17. The number of H-pyrrole nitrogens is 1. The molecule has 3 N–H and O–H groups in total. The van der Waals surface area contributed by atoms with Crippen molar-refractivity contribution in [3.05, 3.63) is 0 Å². The summed E-state index contributed by atoms with van der Waals surface area (Å²) in [4.78, 5) is 0. The molecule has 62 valence electrons. The second-order valence-electron chi connectivity index (χ2n) is 2.90. The molecule has 0 saturated heterocycles. The lowest BCUT2D eigenvalue weighted by molar-refractivity contribution is 0.233. The van der Waals surface area contributed by atoms with Crippen molar-refractivity contribution < 1.29 is 5.11 Å². The van der Waals surface area contributed by atoms with Crippen LogP contribution in [0.1, 0.15) is 13.8 Å². The summed E-state index contributed by atoms with van der Waals surface area (Å²) in [6.45, 7) is 3.69. The van der Waals surface area contributed by atoms with E-state index in [-0.39, 0.29) is 6.61 Å². The van der Waals surface area contributed by atoms with Crippen molar-refractivity contribution in [1.29, 1.82) is 0 Å². The lowest BCUT2D eigenvalue weighted by atomic mass is 10.1. The summed E-state index contributed by atoms with van der Waals surface area (Å²) in [5.74, 6) is 0.393. The Hall–Kier alpha value is -1.17. The summed E-state index contributed by atoms with van der Waals surface area (Å²) in [5.41, 5.74) is -0.413. The number of hydrogen-bond acceptors (Lipinski definition) is 5. The van der Waals surface area contributed by atoms with Crippen molar-refractivity contribution >= 4 is 5.95 Å². The smallest absolute Gasteiger partial charge is 0.263 e. The number of aromatic amines is 1. The molecule has 11 heavy (non-hydrogen) atoms. The van der Waals surface area contributed by atoms with Gasteiger partial charge in [0.15, 0.2) is 0 Å². The van der Waals surface area contributed by atoms with Gasteiger partial charge in [-0.2, -0.15) is 5.21 Å². The number of nitrogens with one attached hydrogen (secondary N) is 2. The van der Waals surface area contributed by atoms with Crippen LogP contribution in [-0.2, 0) is 0 Å². The van der Waals surface area contributed by atoms with Gasteiger partial charge in [-0.25, -0.2) is 0 Å². The molecule has 0 spiro atoms. The Balaban J connectivity index is 2.56. The van der Waals surface area contributed by atoms with Crippen molar-refractivity contribution in [3.8, 4) is 0 Å². The van der Waals surface area contributed by atoms with Gasteiger partial charge in [-0.15, -0.1) is 5.10 Å². The lowest BCUT2D eigenvalue weighted by Gasteiger charge is -2.21. The van der Waals surface area contributed by atoms with E-state index in [4.69, 9.17) is 5.11 Å². The van der Waals surface area contributed by atoms with E-state index in [0.29, 0.717) is 5.95 Å². The molecule has 1 aromatic rings. The quantitative estimate of drug-likeness (QED) is 0.544. The zero-order chi connectivity index (χ0) is 8.32. The molecular formula is C5H11N5O. The van der Waals surface area contributed by atoms with Gasteiger partial charge < -0.3 is 10.4 Å². The topological polar surface area (TPSA) is 86.7 Å². The summed E-state index contributed by atoms with van der Waals surface area (Å²) < 4.78 is 0. The van der Waals surface area contributed by atoms with E-state index in [0.717, 1.165) is 0 Å². The van der Waals surface area contributed by atoms with Crippen molar-refractivity contribution in [1.82, 2.24) is 20.6 Å². The number of tetrazole rings is 1. The van der Waals surface area contributed by atoms with Crippen LogP contribution in [-0.4, -0.2) is 37.9 Å². The van der Waals surface area contributed by atoms with Crippen LogP contribution in [0.4, 0.5) is 5.95 Å². The second-order valence-corrected chi connectivity index (χ2v) is 2.90. The van der Waals surface area contributed by atoms with Crippen molar-refractivity contribution in [2.45, 2.75) is 19.4 Å². The molecule has 0 atom stereocenters. The van der Waals surface area contributed by atoms with Gasteiger partial charge in [0.2, 0.25) is 0 Å². The molecule has 0 amide bonds. The van der Waals surface area contributed by atoms with Crippen LogP contribution in [0, 0.1) is 0 Å². The molecule has 6 nitrogen and oxygen atoms in total. The number of hydrogen-bond donors (Lipinski definition) is 3.